The van der Waals surface area contributed by atoms with Crippen LogP contribution in [-0.2, 0) is 0 Å². The van der Waals surface area contributed by atoms with E-state index in [0.717, 1.165) is 50.1 Å². The lowest BCUT2D eigenvalue weighted by atomic mass is 9.97. The van der Waals surface area contributed by atoms with Gasteiger partial charge in [-0.2, -0.15) is 0 Å². The largest absolute Gasteiger partial charge is 0.456 e. The number of para-hydroxylation sites is 1. The van der Waals surface area contributed by atoms with E-state index in [9.17, 15) is 0 Å². The third-order valence-electron chi connectivity index (χ3n) is 11.3. The Bertz CT molecular complexity index is 3220. The number of rotatable bonds is 6. The second-order valence-electron chi connectivity index (χ2n) is 14.5. The molecule has 1 aromatic heterocycles. The quantitative estimate of drug-likeness (QED) is 0.160. The van der Waals surface area contributed by atoms with Gasteiger partial charge in [0.15, 0.2) is 0 Å². The van der Waals surface area contributed by atoms with Gasteiger partial charge in [0, 0.05) is 27.5 Å². The van der Waals surface area contributed by atoms with Crippen molar-refractivity contribution in [2.75, 3.05) is 4.90 Å². The van der Waals surface area contributed by atoms with Gasteiger partial charge in [-0.25, -0.2) is 0 Å². The SMILES string of the molecule is c1ccc2c(-c3ccc(N(c4ccc(-c5ccc(-c6ccc7c(c6)oc6ccccc67)cc5)cc4)c4cc5ccccc5c5ccccc45)cc3)cccc2c1. The molecule has 11 aromatic rings. The summed E-state index contributed by atoms with van der Waals surface area (Å²) < 4.78 is 6.18. The molecule has 0 aliphatic heterocycles. The molecule has 0 saturated heterocycles. The number of anilines is 3. The fourth-order valence-electron chi connectivity index (χ4n) is 8.48. The molecule has 10 aromatic carbocycles. The Hall–Kier alpha value is -7.42. The summed E-state index contributed by atoms with van der Waals surface area (Å²) >= 11 is 0. The number of furan rings is 1. The van der Waals surface area contributed by atoms with Crippen molar-refractivity contribution in [3.63, 3.8) is 0 Å². The third kappa shape index (κ3) is 5.42. The van der Waals surface area contributed by atoms with E-state index in [4.69, 9.17) is 4.42 Å². The molecule has 0 aliphatic carbocycles. The maximum absolute atomic E-state index is 6.18. The van der Waals surface area contributed by atoms with Gasteiger partial charge >= 0.3 is 0 Å². The first-order chi connectivity index (χ1) is 27.7. The van der Waals surface area contributed by atoms with Crippen molar-refractivity contribution >= 4 is 71.3 Å². The molecule has 11 rings (SSSR count). The van der Waals surface area contributed by atoms with Crippen molar-refractivity contribution in [1.29, 1.82) is 0 Å². The van der Waals surface area contributed by atoms with E-state index < -0.39 is 0 Å². The van der Waals surface area contributed by atoms with Gasteiger partial charge in [-0.3, -0.25) is 0 Å². The van der Waals surface area contributed by atoms with Crippen LogP contribution in [0.5, 0.6) is 0 Å². The van der Waals surface area contributed by atoms with E-state index in [2.05, 4.69) is 205 Å². The molecular weight excluding hydrogens is 679 g/mol. The minimum Gasteiger partial charge on any atom is -0.456 e. The van der Waals surface area contributed by atoms with Crippen molar-refractivity contribution in [2.24, 2.45) is 0 Å². The van der Waals surface area contributed by atoms with Gasteiger partial charge in [-0.1, -0.05) is 164 Å². The first kappa shape index (κ1) is 32.0. The minimum absolute atomic E-state index is 0.912. The van der Waals surface area contributed by atoms with Gasteiger partial charge < -0.3 is 9.32 Å². The first-order valence-electron chi connectivity index (χ1n) is 19.2. The second kappa shape index (κ2) is 13.2. The molecule has 2 heteroatoms. The molecule has 0 amide bonds. The highest BCUT2D eigenvalue weighted by molar-refractivity contribution is 6.14. The third-order valence-corrected chi connectivity index (χ3v) is 11.3. The molecule has 0 atom stereocenters. The van der Waals surface area contributed by atoms with Crippen molar-refractivity contribution in [1.82, 2.24) is 0 Å². The maximum Gasteiger partial charge on any atom is 0.136 e. The fraction of sp³-hybridized carbons (Fsp3) is 0. The van der Waals surface area contributed by atoms with E-state index in [1.165, 1.54) is 54.6 Å². The monoisotopic (exact) mass is 713 g/mol. The van der Waals surface area contributed by atoms with Crippen LogP contribution in [0.25, 0.3) is 87.6 Å². The van der Waals surface area contributed by atoms with Gasteiger partial charge in [0.05, 0.1) is 5.69 Å². The summed E-state index contributed by atoms with van der Waals surface area (Å²) in [6.45, 7) is 0. The Morgan fingerprint density at radius 2 is 0.786 bits per heavy atom. The first-order valence-corrected chi connectivity index (χ1v) is 19.2. The molecule has 1 heterocycles. The average Bonchev–Trinajstić information content (AvgIpc) is 3.65. The molecule has 0 unspecified atom stereocenters. The van der Waals surface area contributed by atoms with Crippen LogP contribution in [0.2, 0.25) is 0 Å². The van der Waals surface area contributed by atoms with Crippen molar-refractivity contribution in [3.05, 3.63) is 212 Å². The van der Waals surface area contributed by atoms with Gasteiger partial charge in [0.25, 0.3) is 0 Å². The van der Waals surface area contributed by atoms with Crippen molar-refractivity contribution in [2.45, 2.75) is 0 Å². The molecule has 56 heavy (non-hydrogen) atoms. The molecule has 0 bridgehead atoms. The van der Waals surface area contributed by atoms with Gasteiger partial charge in [0.2, 0.25) is 0 Å². The van der Waals surface area contributed by atoms with Gasteiger partial charge in [0.1, 0.15) is 11.2 Å². The van der Waals surface area contributed by atoms with E-state index in [1.54, 1.807) is 0 Å². The number of benzene rings is 10. The Kier molecular flexibility index (Phi) is 7.53. The number of hydrogen-bond donors (Lipinski definition) is 0. The Morgan fingerprint density at radius 1 is 0.286 bits per heavy atom. The lowest BCUT2D eigenvalue weighted by Crippen LogP contribution is -2.10. The summed E-state index contributed by atoms with van der Waals surface area (Å²) in [6, 6.07) is 76.6. The van der Waals surface area contributed by atoms with Crippen molar-refractivity contribution < 1.29 is 4.42 Å². The predicted octanol–water partition coefficient (Wildman–Crippen LogP) is 15.5. The van der Waals surface area contributed by atoms with Gasteiger partial charge in [-0.15, -0.1) is 0 Å². The summed E-state index contributed by atoms with van der Waals surface area (Å²) in [5.41, 5.74) is 12.3. The highest BCUT2D eigenvalue weighted by atomic mass is 16.3. The standard InChI is InChI=1S/C54H35NO/c1-3-13-45-39(10-1)12-9-18-46(45)40-26-31-44(32-27-40)55(52-34-42-11-2-4-14-47(42)48-15-5-6-16-49(48)52)43-29-24-37(25-30-43)36-20-22-38(23-21-36)41-28-33-51-50-17-7-8-19-53(50)56-54(51)35-41/h1-35H. The predicted molar refractivity (Wildman–Crippen MR) is 237 cm³/mol. The molecule has 0 aliphatic rings. The second-order valence-corrected chi connectivity index (χ2v) is 14.5. The average molecular weight is 714 g/mol. The Morgan fingerprint density at radius 3 is 1.52 bits per heavy atom. The molecule has 0 spiro atoms. The summed E-state index contributed by atoms with van der Waals surface area (Å²) in [5.74, 6) is 0. The van der Waals surface area contributed by atoms with Gasteiger partial charge in [-0.05, 0) is 109 Å². The molecular formula is C54H35NO. The topological polar surface area (TPSA) is 16.4 Å². The van der Waals surface area contributed by atoms with E-state index in [-0.39, 0.29) is 0 Å². The molecule has 0 N–H and O–H groups in total. The summed E-state index contributed by atoms with van der Waals surface area (Å²) in [6.07, 6.45) is 0. The Labute approximate surface area is 325 Å². The molecule has 0 radical (unpaired) electrons. The summed E-state index contributed by atoms with van der Waals surface area (Å²) in [4.78, 5) is 2.41. The van der Waals surface area contributed by atoms with Crippen LogP contribution >= 0.6 is 0 Å². The highest BCUT2D eigenvalue weighted by Crippen LogP contribution is 2.43. The number of nitrogens with zero attached hydrogens (tertiary/aromatic N) is 1. The van der Waals surface area contributed by atoms with Crippen LogP contribution in [0, 0.1) is 0 Å². The van der Waals surface area contributed by atoms with E-state index in [0.29, 0.717) is 0 Å². The van der Waals surface area contributed by atoms with E-state index >= 15 is 0 Å². The zero-order chi connectivity index (χ0) is 37.0. The summed E-state index contributed by atoms with van der Waals surface area (Å²) in [5, 5.41) is 9.74. The normalized spacial score (nSPS) is 11.6. The van der Waals surface area contributed by atoms with Crippen molar-refractivity contribution in [3.8, 4) is 33.4 Å². The zero-order valence-corrected chi connectivity index (χ0v) is 30.6. The molecule has 262 valence electrons. The molecule has 0 saturated carbocycles. The highest BCUT2D eigenvalue weighted by Gasteiger charge is 2.18. The number of fused-ring (bicyclic) bond motifs is 7. The van der Waals surface area contributed by atoms with Crippen LogP contribution in [-0.4, -0.2) is 0 Å². The Balaban J connectivity index is 0.979. The van der Waals surface area contributed by atoms with Crippen LogP contribution in [0.1, 0.15) is 0 Å². The van der Waals surface area contributed by atoms with E-state index in [1.807, 2.05) is 12.1 Å². The summed E-state index contributed by atoms with van der Waals surface area (Å²) in [7, 11) is 0. The lowest BCUT2D eigenvalue weighted by Gasteiger charge is -2.28. The fourth-order valence-corrected chi connectivity index (χ4v) is 8.48. The zero-order valence-electron chi connectivity index (χ0n) is 30.6. The molecule has 0 fully saturated rings. The van der Waals surface area contributed by atoms with Crippen LogP contribution < -0.4 is 4.90 Å². The van der Waals surface area contributed by atoms with Crippen LogP contribution in [0.15, 0.2) is 217 Å². The van der Waals surface area contributed by atoms with Crippen LogP contribution in [0.4, 0.5) is 17.1 Å². The molecule has 2 nitrogen and oxygen atoms in total. The number of hydrogen-bond acceptors (Lipinski definition) is 2. The lowest BCUT2D eigenvalue weighted by molar-refractivity contribution is 0.669. The smallest absolute Gasteiger partial charge is 0.136 e. The minimum atomic E-state index is 0.912. The maximum atomic E-state index is 6.18. The van der Waals surface area contributed by atoms with Crippen LogP contribution in [0.3, 0.4) is 0 Å².